The van der Waals surface area contributed by atoms with Crippen LogP contribution in [0.15, 0.2) is 18.0 Å². The molecule has 3 nitrogen and oxygen atoms in total. The number of aromatic nitrogens is 1. The zero-order chi connectivity index (χ0) is 11.1. The molecule has 0 atom stereocenters. The van der Waals surface area contributed by atoms with Crippen LogP contribution in [0, 0.1) is 0 Å². The summed E-state index contributed by atoms with van der Waals surface area (Å²) >= 11 is 1.64. The molecule has 0 aliphatic carbocycles. The van der Waals surface area contributed by atoms with Gasteiger partial charge in [0, 0.05) is 18.5 Å². The molecular formula is C11H19N3S. The Bertz CT molecular complexity index is 296. The normalized spacial score (nSPS) is 10.9. The lowest BCUT2D eigenvalue weighted by Crippen LogP contribution is -2.19. The molecular weight excluding hydrogens is 206 g/mol. The van der Waals surface area contributed by atoms with E-state index in [4.69, 9.17) is 5.73 Å². The van der Waals surface area contributed by atoms with Crippen LogP contribution < -0.4 is 5.73 Å². The molecule has 2 N–H and O–H groups in total. The van der Waals surface area contributed by atoms with Crippen molar-refractivity contribution in [3.63, 3.8) is 0 Å². The minimum atomic E-state index is 0.546. The van der Waals surface area contributed by atoms with E-state index < -0.39 is 0 Å². The fraction of sp³-hybridized carbons (Fsp3) is 0.545. The summed E-state index contributed by atoms with van der Waals surface area (Å²) in [5.74, 6) is 0. The van der Waals surface area contributed by atoms with Gasteiger partial charge in [0.05, 0.1) is 5.69 Å². The lowest BCUT2D eigenvalue weighted by molar-refractivity contribution is 0.320. The van der Waals surface area contributed by atoms with Gasteiger partial charge in [-0.3, -0.25) is 0 Å². The molecule has 0 bridgehead atoms. The Morgan fingerprint density at radius 1 is 1.67 bits per heavy atom. The Morgan fingerprint density at radius 2 is 2.47 bits per heavy atom. The maximum atomic E-state index is 5.52. The highest BCUT2D eigenvalue weighted by Crippen LogP contribution is 2.10. The van der Waals surface area contributed by atoms with Gasteiger partial charge >= 0.3 is 0 Å². The number of hydrogen-bond donors (Lipinski definition) is 1. The molecule has 0 spiro atoms. The maximum absolute atomic E-state index is 5.52. The number of allylic oxidation sites excluding steroid dienone is 1. The van der Waals surface area contributed by atoms with E-state index >= 15 is 0 Å². The first-order chi connectivity index (χ1) is 7.26. The summed E-state index contributed by atoms with van der Waals surface area (Å²) in [6.45, 7) is 6.25. The van der Waals surface area contributed by atoms with Crippen LogP contribution in [-0.4, -0.2) is 23.5 Å². The molecule has 4 heteroatoms. The summed E-state index contributed by atoms with van der Waals surface area (Å²) in [6, 6.07) is 0. The molecule has 1 aromatic rings. The topological polar surface area (TPSA) is 42.1 Å². The highest BCUT2D eigenvalue weighted by atomic mass is 32.1. The molecule has 0 saturated carbocycles. The quantitative estimate of drug-likeness (QED) is 0.570. The van der Waals surface area contributed by atoms with Crippen molar-refractivity contribution in [1.82, 2.24) is 9.88 Å². The molecule has 0 radical (unpaired) electrons. The number of unbranched alkanes of at least 4 members (excludes halogenated alkanes) is 1. The van der Waals surface area contributed by atoms with E-state index in [0.717, 1.165) is 36.6 Å². The summed E-state index contributed by atoms with van der Waals surface area (Å²) in [6.07, 6.45) is 4.20. The van der Waals surface area contributed by atoms with Gasteiger partial charge in [-0.2, -0.15) is 0 Å². The van der Waals surface area contributed by atoms with E-state index in [9.17, 15) is 0 Å². The van der Waals surface area contributed by atoms with Crippen LogP contribution in [0.25, 0.3) is 0 Å². The number of rotatable bonds is 7. The number of hydrogen-bond acceptors (Lipinski definition) is 4. The molecule has 0 saturated heterocycles. The van der Waals surface area contributed by atoms with Gasteiger partial charge in [-0.1, -0.05) is 6.08 Å². The monoisotopic (exact) mass is 225 g/mol. The molecule has 0 unspecified atom stereocenters. The second-order valence-electron chi connectivity index (χ2n) is 3.61. The Balaban J connectivity index is 2.30. The predicted molar refractivity (Wildman–Crippen MR) is 65.8 cm³/mol. The Morgan fingerprint density at radius 3 is 3.07 bits per heavy atom. The summed E-state index contributed by atoms with van der Waals surface area (Å²) in [4.78, 5) is 6.71. The van der Waals surface area contributed by atoms with Crippen molar-refractivity contribution in [3.05, 3.63) is 28.7 Å². The standard InChI is InChI=1S/C11H19N3S/c1-3-4-5-6-14(2)8-10-9-15-11(7-12)13-10/h3,9H,1,4-8,12H2,2H3. The second kappa shape index (κ2) is 6.71. The van der Waals surface area contributed by atoms with E-state index in [-0.39, 0.29) is 0 Å². The number of nitrogens with two attached hydrogens (primary N) is 1. The number of thiazole rings is 1. The average molecular weight is 225 g/mol. The maximum Gasteiger partial charge on any atom is 0.106 e. The van der Waals surface area contributed by atoms with Crippen LogP contribution in [0.5, 0.6) is 0 Å². The van der Waals surface area contributed by atoms with Crippen molar-refractivity contribution in [2.45, 2.75) is 25.9 Å². The van der Waals surface area contributed by atoms with Crippen LogP contribution in [0.3, 0.4) is 0 Å². The third-order valence-corrected chi connectivity index (χ3v) is 3.07. The van der Waals surface area contributed by atoms with Gasteiger partial charge in [-0.15, -0.1) is 17.9 Å². The fourth-order valence-electron chi connectivity index (χ4n) is 1.38. The van der Waals surface area contributed by atoms with Crippen LogP contribution >= 0.6 is 11.3 Å². The molecule has 1 rings (SSSR count). The van der Waals surface area contributed by atoms with Gasteiger partial charge in [0.15, 0.2) is 0 Å². The Hall–Kier alpha value is -0.710. The predicted octanol–water partition coefficient (Wildman–Crippen LogP) is 2.00. The van der Waals surface area contributed by atoms with Crippen LogP contribution in [0.1, 0.15) is 23.5 Å². The van der Waals surface area contributed by atoms with E-state index in [1.54, 1.807) is 11.3 Å². The van der Waals surface area contributed by atoms with Crippen LogP contribution in [-0.2, 0) is 13.1 Å². The third kappa shape index (κ3) is 4.55. The van der Waals surface area contributed by atoms with Crippen molar-refractivity contribution < 1.29 is 0 Å². The lowest BCUT2D eigenvalue weighted by atomic mass is 10.3. The largest absolute Gasteiger partial charge is 0.325 e. The third-order valence-electron chi connectivity index (χ3n) is 2.15. The highest BCUT2D eigenvalue weighted by Gasteiger charge is 2.03. The van der Waals surface area contributed by atoms with E-state index in [1.807, 2.05) is 6.08 Å². The molecule has 84 valence electrons. The van der Waals surface area contributed by atoms with Gasteiger partial charge in [-0.05, 0) is 26.4 Å². The molecule has 15 heavy (non-hydrogen) atoms. The zero-order valence-electron chi connectivity index (χ0n) is 9.28. The van der Waals surface area contributed by atoms with Gasteiger partial charge in [0.25, 0.3) is 0 Å². The Labute approximate surface area is 95.6 Å². The highest BCUT2D eigenvalue weighted by molar-refractivity contribution is 7.09. The van der Waals surface area contributed by atoms with Crippen molar-refractivity contribution in [2.75, 3.05) is 13.6 Å². The molecule has 0 aliphatic heterocycles. The average Bonchev–Trinajstić information content (AvgIpc) is 2.66. The zero-order valence-corrected chi connectivity index (χ0v) is 10.1. The minimum absolute atomic E-state index is 0.546. The van der Waals surface area contributed by atoms with Crippen LogP contribution in [0.2, 0.25) is 0 Å². The molecule has 1 heterocycles. The Kier molecular flexibility index (Phi) is 5.53. The van der Waals surface area contributed by atoms with Gasteiger partial charge < -0.3 is 10.6 Å². The van der Waals surface area contributed by atoms with E-state index in [0.29, 0.717) is 6.54 Å². The first kappa shape index (κ1) is 12.4. The van der Waals surface area contributed by atoms with Gasteiger partial charge in [0.1, 0.15) is 5.01 Å². The molecule has 0 amide bonds. The fourth-order valence-corrected chi connectivity index (χ4v) is 2.04. The first-order valence-electron chi connectivity index (χ1n) is 5.19. The van der Waals surface area contributed by atoms with Crippen molar-refractivity contribution in [2.24, 2.45) is 5.73 Å². The molecule has 0 aliphatic rings. The number of nitrogens with zero attached hydrogens (tertiary/aromatic N) is 2. The summed E-state index contributed by atoms with van der Waals surface area (Å²) in [7, 11) is 2.12. The van der Waals surface area contributed by atoms with Gasteiger partial charge in [-0.25, -0.2) is 4.98 Å². The molecule has 0 fully saturated rings. The smallest absolute Gasteiger partial charge is 0.106 e. The SMILES string of the molecule is C=CCCCN(C)Cc1csc(CN)n1. The minimum Gasteiger partial charge on any atom is -0.325 e. The van der Waals surface area contributed by atoms with Gasteiger partial charge in [0.2, 0.25) is 0 Å². The summed E-state index contributed by atoms with van der Waals surface area (Å²) in [5.41, 5.74) is 6.64. The summed E-state index contributed by atoms with van der Waals surface area (Å²) in [5, 5.41) is 3.11. The summed E-state index contributed by atoms with van der Waals surface area (Å²) < 4.78 is 0. The van der Waals surface area contributed by atoms with Crippen molar-refractivity contribution in [1.29, 1.82) is 0 Å². The van der Waals surface area contributed by atoms with E-state index in [1.165, 1.54) is 0 Å². The first-order valence-corrected chi connectivity index (χ1v) is 6.07. The van der Waals surface area contributed by atoms with E-state index in [2.05, 4.69) is 28.9 Å². The van der Waals surface area contributed by atoms with Crippen molar-refractivity contribution >= 4 is 11.3 Å². The van der Waals surface area contributed by atoms with Crippen LogP contribution in [0.4, 0.5) is 0 Å². The second-order valence-corrected chi connectivity index (χ2v) is 4.55. The molecule has 0 aromatic carbocycles. The lowest BCUT2D eigenvalue weighted by Gasteiger charge is -2.14. The molecule has 1 aromatic heterocycles. The van der Waals surface area contributed by atoms with Crippen molar-refractivity contribution in [3.8, 4) is 0 Å².